The molecular weight excluding hydrogens is 369 g/mol. The molecule has 0 unspecified atom stereocenters. The van der Waals surface area contributed by atoms with Gasteiger partial charge >= 0.3 is 5.69 Å². The highest BCUT2D eigenvalue weighted by molar-refractivity contribution is 7.17. The van der Waals surface area contributed by atoms with Crippen molar-refractivity contribution in [3.63, 3.8) is 0 Å². The average molecular weight is 385 g/mol. The second-order valence-electron chi connectivity index (χ2n) is 6.38. The molecule has 4 aromatic rings. The van der Waals surface area contributed by atoms with Crippen molar-refractivity contribution in [3.8, 4) is 5.69 Å². The molecule has 0 amide bonds. The number of nitrogens with zero attached hydrogens (tertiary/aromatic N) is 3. The number of halogens is 1. The van der Waals surface area contributed by atoms with Crippen molar-refractivity contribution >= 4 is 21.6 Å². The lowest BCUT2D eigenvalue weighted by atomic mass is 10.2. The summed E-state index contributed by atoms with van der Waals surface area (Å²) in [6.45, 7) is 5.41. The number of fused-ring (bicyclic) bond motifs is 1. The first-order valence-electron chi connectivity index (χ1n) is 8.30. The van der Waals surface area contributed by atoms with Gasteiger partial charge in [0.15, 0.2) is 0 Å². The highest BCUT2D eigenvalue weighted by Crippen LogP contribution is 2.20. The quantitative estimate of drug-likeness (QED) is 0.543. The Balaban J connectivity index is 2.02. The number of rotatable bonds is 3. The Morgan fingerprint density at radius 2 is 1.96 bits per heavy atom. The van der Waals surface area contributed by atoms with Crippen molar-refractivity contribution in [2.45, 2.75) is 27.3 Å². The first-order valence-corrected chi connectivity index (χ1v) is 9.17. The fourth-order valence-electron chi connectivity index (χ4n) is 3.12. The van der Waals surface area contributed by atoms with Crippen LogP contribution in [0.25, 0.3) is 15.9 Å². The number of hydrogen-bond acceptors (Lipinski definition) is 5. The summed E-state index contributed by atoms with van der Waals surface area (Å²) < 4.78 is 21.9. The van der Waals surface area contributed by atoms with Gasteiger partial charge in [-0.15, -0.1) is 11.3 Å². The van der Waals surface area contributed by atoms with Crippen LogP contribution in [0.2, 0.25) is 0 Å². The van der Waals surface area contributed by atoms with Gasteiger partial charge in [0.25, 0.3) is 5.56 Å². The lowest BCUT2D eigenvalue weighted by molar-refractivity contribution is 0.392. The predicted molar refractivity (Wildman–Crippen MR) is 101 cm³/mol. The van der Waals surface area contributed by atoms with E-state index in [1.54, 1.807) is 32.2 Å². The molecule has 0 aliphatic rings. The average Bonchev–Trinajstić information content (AvgIpc) is 3.23. The Morgan fingerprint density at radius 1 is 1.19 bits per heavy atom. The van der Waals surface area contributed by atoms with Crippen molar-refractivity contribution in [1.29, 1.82) is 0 Å². The smallest absolute Gasteiger partial charge is 0.336 e. The largest absolute Gasteiger partial charge is 0.361 e. The molecule has 0 spiro atoms. The van der Waals surface area contributed by atoms with Crippen LogP contribution in [0, 0.1) is 26.6 Å². The zero-order valence-corrected chi connectivity index (χ0v) is 15.8. The summed E-state index contributed by atoms with van der Waals surface area (Å²) in [6.07, 6.45) is 0. The lowest BCUT2D eigenvalue weighted by Gasteiger charge is -2.13. The Morgan fingerprint density at radius 3 is 2.63 bits per heavy atom. The monoisotopic (exact) mass is 385 g/mol. The van der Waals surface area contributed by atoms with Gasteiger partial charge in [-0.3, -0.25) is 9.36 Å². The Kier molecular flexibility index (Phi) is 4.07. The number of hydrogen-bond donors (Lipinski definition) is 0. The molecule has 0 aliphatic carbocycles. The maximum atomic E-state index is 13.7. The molecule has 138 valence electrons. The first kappa shape index (κ1) is 17.4. The zero-order chi connectivity index (χ0) is 19.3. The third-order valence-electron chi connectivity index (χ3n) is 4.65. The molecule has 6 nitrogen and oxygen atoms in total. The van der Waals surface area contributed by atoms with Crippen LogP contribution in [0.1, 0.15) is 22.6 Å². The van der Waals surface area contributed by atoms with Crippen molar-refractivity contribution in [2.24, 2.45) is 0 Å². The van der Waals surface area contributed by atoms with Crippen LogP contribution < -0.4 is 11.2 Å². The lowest BCUT2D eigenvalue weighted by Crippen LogP contribution is -2.38. The molecule has 4 rings (SSSR count). The minimum atomic E-state index is -0.489. The molecule has 0 aliphatic heterocycles. The van der Waals surface area contributed by atoms with Crippen molar-refractivity contribution in [2.75, 3.05) is 0 Å². The molecule has 1 aromatic carbocycles. The first-order chi connectivity index (χ1) is 12.9. The van der Waals surface area contributed by atoms with Gasteiger partial charge in [-0.25, -0.2) is 13.8 Å². The summed E-state index contributed by atoms with van der Waals surface area (Å²) in [6, 6.07) is 5.94. The van der Waals surface area contributed by atoms with Crippen LogP contribution >= 0.6 is 11.3 Å². The van der Waals surface area contributed by atoms with Crippen molar-refractivity contribution in [3.05, 3.63) is 78.9 Å². The summed E-state index contributed by atoms with van der Waals surface area (Å²) in [5.74, 6) is 0.234. The Bertz CT molecular complexity index is 1280. The maximum Gasteiger partial charge on any atom is 0.336 e. The topological polar surface area (TPSA) is 70.0 Å². The van der Waals surface area contributed by atoms with E-state index in [1.807, 2.05) is 0 Å². The standard InChI is InChI=1S/C19H16FN3O3S/c1-10-8-13(4-5-15(10)20)23-18(24)17-16(6-7-27-17)22(19(23)25)9-14-11(2)21-26-12(14)3/h4-8H,9H2,1-3H3. The maximum absolute atomic E-state index is 13.7. The van der Waals surface area contributed by atoms with Crippen molar-refractivity contribution < 1.29 is 8.91 Å². The number of aryl methyl sites for hydroxylation is 3. The molecular formula is C19H16FN3O3S. The SMILES string of the molecule is Cc1cc(-n2c(=O)c3sccc3n(Cc3c(C)noc3C)c2=O)ccc1F. The summed E-state index contributed by atoms with van der Waals surface area (Å²) >= 11 is 1.27. The molecule has 8 heteroatoms. The molecule has 0 fully saturated rings. The van der Waals surface area contributed by atoms with E-state index in [4.69, 9.17) is 4.52 Å². The van der Waals surface area contributed by atoms with E-state index < -0.39 is 11.2 Å². The summed E-state index contributed by atoms with van der Waals surface area (Å²) in [5, 5.41) is 5.70. The van der Waals surface area contributed by atoms with Gasteiger partial charge in [-0.05, 0) is 56.0 Å². The van der Waals surface area contributed by atoms with Crippen molar-refractivity contribution in [1.82, 2.24) is 14.3 Å². The predicted octanol–water partition coefficient (Wildman–Crippen LogP) is 3.31. The molecule has 3 heterocycles. The highest BCUT2D eigenvalue weighted by Gasteiger charge is 2.19. The van der Waals surface area contributed by atoms with Gasteiger partial charge in [-0.1, -0.05) is 5.16 Å². The van der Waals surface area contributed by atoms with Crippen LogP contribution in [0.4, 0.5) is 4.39 Å². The third kappa shape index (κ3) is 2.73. The van der Waals surface area contributed by atoms with Crippen LogP contribution in [0.15, 0.2) is 43.8 Å². The molecule has 0 radical (unpaired) electrons. The van der Waals surface area contributed by atoms with Crippen LogP contribution in [0.3, 0.4) is 0 Å². The van der Waals surface area contributed by atoms with E-state index >= 15 is 0 Å². The Labute approximate surface area is 157 Å². The second-order valence-corrected chi connectivity index (χ2v) is 7.30. The van der Waals surface area contributed by atoms with E-state index in [-0.39, 0.29) is 12.4 Å². The fraction of sp³-hybridized carbons (Fsp3) is 0.211. The zero-order valence-electron chi connectivity index (χ0n) is 14.9. The van der Waals surface area contributed by atoms with Gasteiger partial charge in [0.05, 0.1) is 23.4 Å². The number of thiophene rings is 1. The van der Waals surface area contributed by atoms with Crippen LogP contribution in [0.5, 0.6) is 0 Å². The normalized spacial score (nSPS) is 11.4. The minimum Gasteiger partial charge on any atom is -0.361 e. The van der Waals surface area contributed by atoms with Crippen LogP contribution in [-0.4, -0.2) is 14.3 Å². The van der Waals surface area contributed by atoms with Gasteiger partial charge < -0.3 is 4.52 Å². The molecule has 0 atom stereocenters. The molecule has 0 saturated carbocycles. The van der Waals surface area contributed by atoms with Gasteiger partial charge in [-0.2, -0.15) is 0 Å². The summed E-state index contributed by atoms with van der Waals surface area (Å²) in [4.78, 5) is 26.2. The molecule has 0 bridgehead atoms. The van der Waals surface area contributed by atoms with E-state index in [0.717, 1.165) is 10.1 Å². The van der Waals surface area contributed by atoms with Crippen LogP contribution in [-0.2, 0) is 6.54 Å². The number of aromatic nitrogens is 3. The van der Waals surface area contributed by atoms with E-state index in [1.165, 1.54) is 34.1 Å². The summed E-state index contributed by atoms with van der Waals surface area (Å²) in [5.41, 5.74) is 1.85. The summed E-state index contributed by atoms with van der Waals surface area (Å²) in [7, 11) is 0. The number of benzene rings is 1. The van der Waals surface area contributed by atoms with E-state index in [9.17, 15) is 14.0 Å². The van der Waals surface area contributed by atoms with Gasteiger partial charge in [0.2, 0.25) is 0 Å². The van der Waals surface area contributed by atoms with E-state index in [0.29, 0.717) is 32.9 Å². The van der Waals surface area contributed by atoms with E-state index in [2.05, 4.69) is 5.16 Å². The molecule has 27 heavy (non-hydrogen) atoms. The molecule has 3 aromatic heterocycles. The fourth-order valence-corrected chi connectivity index (χ4v) is 3.95. The minimum absolute atomic E-state index is 0.230. The highest BCUT2D eigenvalue weighted by atomic mass is 32.1. The molecule has 0 N–H and O–H groups in total. The van der Waals surface area contributed by atoms with Gasteiger partial charge in [0, 0.05) is 5.56 Å². The second kappa shape index (κ2) is 6.31. The van der Waals surface area contributed by atoms with Gasteiger partial charge in [0.1, 0.15) is 16.3 Å². The Hall–Kier alpha value is -3.00. The molecule has 0 saturated heterocycles. The third-order valence-corrected chi connectivity index (χ3v) is 5.54.